The molecule has 1 fully saturated rings. The number of hydrogen-bond acceptors (Lipinski definition) is 3. The van der Waals surface area contributed by atoms with Crippen molar-refractivity contribution in [1.29, 1.82) is 0 Å². The lowest BCUT2D eigenvalue weighted by atomic mass is 9.95. The minimum atomic E-state index is -4.12. The van der Waals surface area contributed by atoms with Gasteiger partial charge in [-0.15, -0.1) is 0 Å². The van der Waals surface area contributed by atoms with Crippen LogP contribution in [-0.2, 0) is 0 Å². The Morgan fingerprint density at radius 2 is 1.95 bits per heavy atom. The van der Waals surface area contributed by atoms with Gasteiger partial charge in [-0.1, -0.05) is 0 Å². The molecule has 0 unspecified atom stereocenters. The summed E-state index contributed by atoms with van der Waals surface area (Å²) in [6, 6.07) is 4.86. The van der Waals surface area contributed by atoms with Gasteiger partial charge < -0.3 is 16.0 Å². The highest BCUT2D eigenvalue weighted by atomic mass is 19.4. The Bertz CT molecular complexity index is 523. The molecule has 7 heteroatoms. The predicted molar refractivity (Wildman–Crippen MR) is 75.2 cm³/mol. The van der Waals surface area contributed by atoms with Crippen LogP contribution in [0.5, 0.6) is 0 Å². The zero-order valence-electron chi connectivity index (χ0n) is 11.7. The molecule has 4 nitrogen and oxygen atoms in total. The number of nitrogens with zero attached hydrogens (tertiary/aromatic N) is 1. The van der Waals surface area contributed by atoms with Crippen LogP contribution in [0, 0.1) is 5.92 Å². The predicted octanol–water partition coefficient (Wildman–Crippen LogP) is 2.41. The first-order chi connectivity index (χ1) is 9.82. The average molecular weight is 301 g/mol. The van der Waals surface area contributed by atoms with E-state index in [0.717, 1.165) is 0 Å². The smallest absolute Gasteiger partial charge is 0.391 e. The van der Waals surface area contributed by atoms with Crippen molar-refractivity contribution in [1.82, 2.24) is 5.32 Å². The fraction of sp³-hybridized carbons (Fsp3) is 0.500. The fourth-order valence-electron chi connectivity index (χ4n) is 2.58. The van der Waals surface area contributed by atoms with E-state index in [0.29, 0.717) is 30.0 Å². The quantitative estimate of drug-likeness (QED) is 0.825. The first kappa shape index (κ1) is 15.5. The number of hydrogen-bond donors (Lipinski definition) is 2. The van der Waals surface area contributed by atoms with E-state index in [2.05, 4.69) is 5.32 Å². The Kier molecular flexibility index (Phi) is 4.29. The minimum Gasteiger partial charge on any atom is -0.397 e. The number of nitrogens with two attached hydrogens (primary N) is 1. The van der Waals surface area contributed by atoms with Gasteiger partial charge in [0.15, 0.2) is 0 Å². The molecule has 1 heterocycles. The normalized spacial score (nSPS) is 16.9. The number of amides is 1. The van der Waals surface area contributed by atoms with E-state index in [4.69, 9.17) is 5.73 Å². The van der Waals surface area contributed by atoms with Crippen LogP contribution in [0.1, 0.15) is 23.2 Å². The molecule has 1 aliphatic heterocycles. The number of nitrogen functional groups attached to an aromatic ring is 1. The van der Waals surface area contributed by atoms with Crippen molar-refractivity contribution >= 4 is 17.3 Å². The van der Waals surface area contributed by atoms with Crippen molar-refractivity contribution in [3.63, 3.8) is 0 Å². The molecule has 1 aromatic rings. The van der Waals surface area contributed by atoms with Gasteiger partial charge >= 0.3 is 6.18 Å². The number of anilines is 2. The van der Waals surface area contributed by atoms with Gasteiger partial charge in [0.25, 0.3) is 5.91 Å². The summed E-state index contributed by atoms with van der Waals surface area (Å²) in [5, 5.41) is 2.50. The van der Waals surface area contributed by atoms with E-state index in [9.17, 15) is 18.0 Å². The molecule has 2 rings (SSSR count). The van der Waals surface area contributed by atoms with E-state index >= 15 is 0 Å². The molecule has 1 aliphatic rings. The fourth-order valence-corrected chi connectivity index (χ4v) is 2.58. The molecule has 3 N–H and O–H groups in total. The largest absolute Gasteiger partial charge is 0.397 e. The Morgan fingerprint density at radius 1 is 1.33 bits per heavy atom. The number of alkyl halides is 3. The molecule has 1 amide bonds. The van der Waals surface area contributed by atoms with Crippen LogP contribution in [0.3, 0.4) is 0 Å². The minimum absolute atomic E-state index is 0.0696. The third-order valence-corrected chi connectivity index (χ3v) is 3.82. The monoisotopic (exact) mass is 301 g/mol. The molecule has 0 bridgehead atoms. The maximum atomic E-state index is 12.6. The van der Waals surface area contributed by atoms with E-state index in [1.54, 1.807) is 18.2 Å². The zero-order chi connectivity index (χ0) is 15.6. The molecule has 21 heavy (non-hydrogen) atoms. The van der Waals surface area contributed by atoms with Crippen LogP contribution in [0.15, 0.2) is 18.2 Å². The first-order valence-corrected chi connectivity index (χ1v) is 6.76. The maximum absolute atomic E-state index is 12.6. The molecule has 116 valence electrons. The van der Waals surface area contributed by atoms with Crippen molar-refractivity contribution in [2.75, 3.05) is 30.8 Å². The van der Waals surface area contributed by atoms with Crippen molar-refractivity contribution in [3.8, 4) is 0 Å². The highest BCUT2D eigenvalue weighted by Crippen LogP contribution is 2.36. The summed E-state index contributed by atoms with van der Waals surface area (Å²) in [4.78, 5) is 13.3. The molecule has 0 radical (unpaired) electrons. The van der Waals surface area contributed by atoms with Gasteiger partial charge in [-0.2, -0.15) is 13.2 Å². The summed E-state index contributed by atoms with van der Waals surface area (Å²) < 4.78 is 37.9. The van der Waals surface area contributed by atoms with Crippen LogP contribution in [0.25, 0.3) is 0 Å². The summed E-state index contributed by atoms with van der Waals surface area (Å²) in [6.07, 6.45) is -3.99. The van der Waals surface area contributed by atoms with Gasteiger partial charge in [0.1, 0.15) is 0 Å². The lowest BCUT2D eigenvalue weighted by molar-refractivity contribution is -0.179. The number of halogens is 3. The van der Waals surface area contributed by atoms with Crippen LogP contribution >= 0.6 is 0 Å². The third kappa shape index (κ3) is 3.40. The van der Waals surface area contributed by atoms with Crippen molar-refractivity contribution < 1.29 is 18.0 Å². The van der Waals surface area contributed by atoms with E-state index < -0.39 is 12.1 Å². The van der Waals surface area contributed by atoms with Gasteiger partial charge in [-0.25, -0.2) is 0 Å². The summed E-state index contributed by atoms with van der Waals surface area (Å²) in [5.41, 5.74) is 7.44. The lowest BCUT2D eigenvalue weighted by Crippen LogP contribution is -2.39. The number of rotatable bonds is 2. The molecule has 0 aliphatic carbocycles. The molecule has 1 aromatic carbocycles. The second kappa shape index (κ2) is 5.83. The first-order valence-electron chi connectivity index (χ1n) is 6.76. The van der Waals surface area contributed by atoms with Crippen molar-refractivity contribution in [2.45, 2.75) is 19.0 Å². The molecule has 1 saturated heterocycles. The zero-order valence-corrected chi connectivity index (χ0v) is 11.7. The molecule has 0 aromatic heterocycles. The van der Waals surface area contributed by atoms with Crippen LogP contribution in [0.4, 0.5) is 24.5 Å². The molecular formula is C14H18F3N3O. The summed E-state index contributed by atoms with van der Waals surface area (Å²) >= 11 is 0. The Labute approximate surface area is 121 Å². The number of nitrogens with one attached hydrogen (secondary N) is 1. The third-order valence-electron chi connectivity index (χ3n) is 3.82. The highest BCUT2D eigenvalue weighted by molar-refractivity contribution is 5.96. The molecule has 0 atom stereocenters. The van der Waals surface area contributed by atoms with E-state index in [-0.39, 0.29) is 18.7 Å². The summed E-state index contributed by atoms with van der Waals surface area (Å²) in [6.45, 7) is 0.626. The molecular weight excluding hydrogens is 283 g/mol. The van der Waals surface area contributed by atoms with Gasteiger partial charge in [-0.05, 0) is 31.0 Å². The molecule has 0 spiro atoms. The Balaban J connectivity index is 2.09. The topological polar surface area (TPSA) is 58.4 Å². The van der Waals surface area contributed by atoms with Crippen LogP contribution in [0.2, 0.25) is 0 Å². The Morgan fingerprint density at radius 3 is 2.43 bits per heavy atom. The SMILES string of the molecule is CNC(=O)c1ccc(N2CCC(C(F)(F)F)CC2)c(N)c1. The second-order valence-corrected chi connectivity index (χ2v) is 5.16. The molecule has 0 saturated carbocycles. The van der Waals surface area contributed by atoms with Crippen molar-refractivity contribution in [2.24, 2.45) is 5.92 Å². The second-order valence-electron chi connectivity index (χ2n) is 5.16. The van der Waals surface area contributed by atoms with Crippen LogP contribution in [-0.4, -0.2) is 32.2 Å². The highest BCUT2D eigenvalue weighted by Gasteiger charge is 2.41. The average Bonchev–Trinajstić information content (AvgIpc) is 2.45. The summed E-state index contributed by atoms with van der Waals surface area (Å²) in [5.74, 6) is -1.48. The number of carbonyl (C=O) groups is 1. The van der Waals surface area contributed by atoms with Gasteiger partial charge in [0, 0.05) is 25.7 Å². The van der Waals surface area contributed by atoms with Crippen molar-refractivity contribution in [3.05, 3.63) is 23.8 Å². The van der Waals surface area contributed by atoms with Crippen LogP contribution < -0.4 is 16.0 Å². The van der Waals surface area contributed by atoms with Gasteiger partial charge in [0.2, 0.25) is 0 Å². The lowest BCUT2D eigenvalue weighted by Gasteiger charge is -2.35. The standard InChI is InChI=1S/C14H18F3N3O/c1-19-13(21)9-2-3-12(11(18)8-9)20-6-4-10(5-7-20)14(15,16)17/h2-3,8,10H,4-7,18H2,1H3,(H,19,21). The number of carbonyl (C=O) groups excluding carboxylic acids is 1. The van der Waals surface area contributed by atoms with E-state index in [1.165, 1.54) is 7.05 Å². The number of piperidine rings is 1. The maximum Gasteiger partial charge on any atom is 0.391 e. The summed E-state index contributed by atoms with van der Waals surface area (Å²) in [7, 11) is 1.52. The number of benzene rings is 1. The van der Waals surface area contributed by atoms with E-state index in [1.807, 2.05) is 4.90 Å². The van der Waals surface area contributed by atoms with Gasteiger partial charge in [0.05, 0.1) is 17.3 Å². The van der Waals surface area contributed by atoms with Gasteiger partial charge in [-0.3, -0.25) is 4.79 Å². The Hall–Kier alpha value is -1.92.